The van der Waals surface area contributed by atoms with Gasteiger partial charge in [0.25, 0.3) is 0 Å². The quantitative estimate of drug-likeness (QED) is 0.351. The van der Waals surface area contributed by atoms with Crippen molar-refractivity contribution in [1.29, 1.82) is 5.26 Å². The van der Waals surface area contributed by atoms with Gasteiger partial charge in [0.1, 0.15) is 5.54 Å². The number of nitrogens with zero attached hydrogens (tertiary/aromatic N) is 4. The summed E-state index contributed by atoms with van der Waals surface area (Å²) in [5.41, 5.74) is 6.58. The van der Waals surface area contributed by atoms with Gasteiger partial charge in [-0.05, 0) is 33.2 Å². The average molecular weight is 237 g/mol. The second kappa shape index (κ2) is 4.53. The second-order valence-electron chi connectivity index (χ2n) is 5.45. The molecule has 0 aromatic rings. The van der Waals surface area contributed by atoms with Crippen molar-refractivity contribution in [2.75, 3.05) is 13.1 Å². The van der Waals surface area contributed by atoms with E-state index >= 15 is 0 Å². The first-order chi connectivity index (χ1) is 7.79. The fourth-order valence-electron chi connectivity index (χ4n) is 2.52. The SMILES string of the molecule is CC1(C)CC(C#N)(NCCN=[N+]=[N-])C(C)(C)O1. The van der Waals surface area contributed by atoms with E-state index in [1.165, 1.54) is 0 Å². The van der Waals surface area contributed by atoms with Crippen LogP contribution in [0.4, 0.5) is 0 Å². The highest BCUT2D eigenvalue weighted by molar-refractivity contribution is 5.23. The minimum Gasteiger partial charge on any atom is -0.367 e. The summed E-state index contributed by atoms with van der Waals surface area (Å²) in [7, 11) is 0. The first-order valence-corrected chi connectivity index (χ1v) is 5.66. The number of hydrogen-bond acceptors (Lipinski definition) is 4. The van der Waals surface area contributed by atoms with Crippen LogP contribution in [0.5, 0.6) is 0 Å². The molecule has 1 aliphatic heterocycles. The zero-order valence-corrected chi connectivity index (χ0v) is 10.8. The molecule has 1 unspecified atom stereocenters. The summed E-state index contributed by atoms with van der Waals surface area (Å²) in [6.07, 6.45) is 0.611. The van der Waals surface area contributed by atoms with Gasteiger partial charge >= 0.3 is 0 Å². The molecule has 94 valence electrons. The van der Waals surface area contributed by atoms with Gasteiger partial charge in [0, 0.05) is 24.4 Å². The summed E-state index contributed by atoms with van der Waals surface area (Å²) < 4.78 is 5.91. The van der Waals surface area contributed by atoms with Gasteiger partial charge in [-0.1, -0.05) is 5.11 Å². The van der Waals surface area contributed by atoms with Gasteiger partial charge < -0.3 is 4.74 Å². The third-order valence-corrected chi connectivity index (χ3v) is 3.14. The molecule has 6 heteroatoms. The van der Waals surface area contributed by atoms with E-state index in [1.54, 1.807) is 0 Å². The zero-order valence-electron chi connectivity index (χ0n) is 10.8. The van der Waals surface area contributed by atoms with Crippen LogP contribution in [0.15, 0.2) is 5.11 Å². The van der Waals surface area contributed by atoms with Crippen molar-refractivity contribution in [2.24, 2.45) is 5.11 Å². The molecule has 0 aromatic heterocycles. The van der Waals surface area contributed by atoms with Gasteiger partial charge in [0.15, 0.2) is 0 Å². The summed E-state index contributed by atoms with van der Waals surface area (Å²) in [6, 6.07) is 2.33. The molecule has 0 bridgehead atoms. The molecule has 0 aromatic carbocycles. The topological polar surface area (TPSA) is 93.8 Å². The average Bonchev–Trinajstić information content (AvgIpc) is 2.39. The molecule has 0 aliphatic carbocycles. The Bertz CT molecular complexity index is 378. The molecule has 0 radical (unpaired) electrons. The number of nitriles is 1. The molecule has 1 N–H and O–H groups in total. The highest BCUT2D eigenvalue weighted by atomic mass is 16.5. The monoisotopic (exact) mass is 237 g/mol. The molecule has 1 rings (SSSR count). The van der Waals surface area contributed by atoms with E-state index in [0.29, 0.717) is 19.5 Å². The number of azide groups is 1. The van der Waals surface area contributed by atoms with Crippen LogP contribution in [-0.2, 0) is 4.74 Å². The molecule has 1 heterocycles. The highest BCUT2D eigenvalue weighted by Crippen LogP contribution is 2.44. The number of ether oxygens (including phenoxy) is 1. The molecule has 6 nitrogen and oxygen atoms in total. The third-order valence-electron chi connectivity index (χ3n) is 3.14. The van der Waals surface area contributed by atoms with E-state index in [1.807, 2.05) is 27.7 Å². The van der Waals surface area contributed by atoms with Crippen molar-refractivity contribution in [1.82, 2.24) is 5.32 Å². The third kappa shape index (κ3) is 2.70. The van der Waals surface area contributed by atoms with Crippen molar-refractivity contribution >= 4 is 0 Å². The Balaban J connectivity index is 2.81. The van der Waals surface area contributed by atoms with Crippen molar-refractivity contribution in [3.05, 3.63) is 10.4 Å². The van der Waals surface area contributed by atoms with E-state index < -0.39 is 11.1 Å². The minimum atomic E-state index is -0.735. The Kier molecular flexibility index (Phi) is 3.68. The number of nitrogens with one attached hydrogen (secondary N) is 1. The maximum Gasteiger partial charge on any atom is 0.138 e. The predicted molar refractivity (Wildman–Crippen MR) is 64.2 cm³/mol. The fourth-order valence-corrected chi connectivity index (χ4v) is 2.52. The minimum absolute atomic E-state index is 0.329. The molecular formula is C11H19N5O. The molecule has 0 amide bonds. The zero-order chi connectivity index (χ0) is 13.2. The Labute approximate surface area is 102 Å². The van der Waals surface area contributed by atoms with Crippen LogP contribution in [0.25, 0.3) is 10.4 Å². The van der Waals surface area contributed by atoms with Crippen molar-refractivity contribution in [3.8, 4) is 6.07 Å². The summed E-state index contributed by atoms with van der Waals surface area (Å²) in [6.45, 7) is 8.57. The maximum absolute atomic E-state index is 9.44. The molecule has 1 fully saturated rings. The van der Waals surface area contributed by atoms with Crippen molar-refractivity contribution in [2.45, 2.75) is 50.9 Å². The van der Waals surface area contributed by atoms with Crippen LogP contribution < -0.4 is 5.32 Å². The van der Waals surface area contributed by atoms with Crippen LogP contribution in [0.1, 0.15) is 34.1 Å². The summed E-state index contributed by atoms with van der Waals surface area (Å²) in [5, 5.41) is 16.1. The molecule has 1 atom stereocenters. The van der Waals surface area contributed by atoms with Gasteiger partial charge in [0.2, 0.25) is 0 Å². The lowest BCUT2D eigenvalue weighted by molar-refractivity contribution is -0.0764. The Hall–Kier alpha value is -1.28. The van der Waals surface area contributed by atoms with Gasteiger partial charge in [0.05, 0.1) is 17.3 Å². The van der Waals surface area contributed by atoms with E-state index in [0.717, 1.165) is 0 Å². The fraction of sp³-hybridized carbons (Fsp3) is 0.909. The lowest BCUT2D eigenvalue weighted by Gasteiger charge is -2.34. The number of hydrogen-bond donors (Lipinski definition) is 1. The first kappa shape index (κ1) is 13.8. The number of rotatable bonds is 4. The molecular weight excluding hydrogens is 218 g/mol. The van der Waals surface area contributed by atoms with E-state index in [4.69, 9.17) is 10.3 Å². The van der Waals surface area contributed by atoms with E-state index in [9.17, 15) is 5.26 Å². The molecule has 1 aliphatic rings. The van der Waals surface area contributed by atoms with Gasteiger partial charge in [-0.25, -0.2) is 0 Å². The summed E-state index contributed by atoms with van der Waals surface area (Å²) >= 11 is 0. The smallest absolute Gasteiger partial charge is 0.138 e. The van der Waals surface area contributed by atoms with Crippen molar-refractivity contribution < 1.29 is 4.74 Å². The van der Waals surface area contributed by atoms with E-state index in [-0.39, 0.29) is 5.60 Å². The molecule has 1 saturated heterocycles. The Morgan fingerprint density at radius 2 is 2.12 bits per heavy atom. The van der Waals surface area contributed by atoms with Crippen LogP contribution in [0.2, 0.25) is 0 Å². The second-order valence-corrected chi connectivity index (χ2v) is 5.45. The Morgan fingerprint density at radius 3 is 2.53 bits per heavy atom. The van der Waals surface area contributed by atoms with Gasteiger partial charge in [-0.3, -0.25) is 5.32 Å². The van der Waals surface area contributed by atoms with Crippen LogP contribution >= 0.6 is 0 Å². The molecule has 17 heavy (non-hydrogen) atoms. The van der Waals surface area contributed by atoms with Crippen molar-refractivity contribution in [3.63, 3.8) is 0 Å². The summed E-state index contributed by atoms with van der Waals surface area (Å²) in [4.78, 5) is 2.68. The van der Waals surface area contributed by atoms with Gasteiger partial charge in [-0.2, -0.15) is 5.26 Å². The first-order valence-electron chi connectivity index (χ1n) is 5.66. The van der Waals surface area contributed by atoms with Crippen LogP contribution in [0.3, 0.4) is 0 Å². The van der Waals surface area contributed by atoms with Crippen LogP contribution in [0, 0.1) is 11.3 Å². The molecule has 0 saturated carbocycles. The lowest BCUT2D eigenvalue weighted by atomic mass is 9.80. The normalized spacial score (nSPS) is 29.4. The van der Waals surface area contributed by atoms with Crippen LogP contribution in [-0.4, -0.2) is 29.8 Å². The predicted octanol–water partition coefficient (Wildman–Crippen LogP) is 2.13. The standard InChI is InChI=1S/C11H19N5O/c1-9(2)7-11(8-12,10(3,4)17-9)14-5-6-15-16-13/h14H,5-7H2,1-4H3. The van der Waals surface area contributed by atoms with Gasteiger partial charge in [-0.15, -0.1) is 0 Å². The molecule has 0 spiro atoms. The lowest BCUT2D eigenvalue weighted by Crippen LogP contribution is -2.56. The maximum atomic E-state index is 9.44. The summed E-state index contributed by atoms with van der Waals surface area (Å²) in [5.74, 6) is 0. The Morgan fingerprint density at radius 1 is 1.47 bits per heavy atom. The largest absolute Gasteiger partial charge is 0.367 e. The highest BCUT2D eigenvalue weighted by Gasteiger charge is 2.57. The van der Waals surface area contributed by atoms with E-state index in [2.05, 4.69) is 21.4 Å².